The monoisotopic (exact) mass is 303 g/mol. The zero-order valence-electron chi connectivity index (χ0n) is 13.5. The molecule has 2 aromatic rings. The lowest BCUT2D eigenvalue weighted by Crippen LogP contribution is -2.25. The summed E-state index contributed by atoms with van der Waals surface area (Å²) in [6.07, 6.45) is 15.9. The van der Waals surface area contributed by atoms with Gasteiger partial charge >= 0.3 is 0 Å². The van der Waals surface area contributed by atoms with Gasteiger partial charge in [0.15, 0.2) is 12.4 Å². The van der Waals surface area contributed by atoms with E-state index in [1.54, 1.807) is 0 Å². The molecule has 116 valence electrons. The number of benzene rings is 1. The van der Waals surface area contributed by atoms with Gasteiger partial charge in [0.1, 0.15) is 7.05 Å². The minimum atomic E-state index is 0.612. The first kappa shape index (κ1) is 14.3. The molecule has 23 heavy (non-hydrogen) atoms. The second-order valence-corrected chi connectivity index (χ2v) is 6.71. The lowest BCUT2D eigenvalue weighted by Gasteiger charge is -2.19. The number of nitrogens with zero attached hydrogens (tertiary/aromatic N) is 1. The van der Waals surface area contributed by atoms with Crippen LogP contribution in [0.1, 0.15) is 24.0 Å². The molecule has 0 aliphatic heterocycles. The minimum Gasteiger partial charge on any atom is -0.381 e. The van der Waals surface area contributed by atoms with E-state index in [9.17, 15) is 0 Å². The van der Waals surface area contributed by atoms with Crippen LogP contribution in [-0.4, -0.2) is 6.04 Å². The van der Waals surface area contributed by atoms with Crippen LogP contribution in [0.2, 0.25) is 0 Å². The van der Waals surface area contributed by atoms with Crippen LogP contribution in [0.15, 0.2) is 60.9 Å². The second kappa shape index (κ2) is 6.04. The van der Waals surface area contributed by atoms with Crippen molar-refractivity contribution in [2.45, 2.75) is 18.9 Å². The van der Waals surface area contributed by atoms with Gasteiger partial charge in [0.05, 0.1) is 0 Å². The van der Waals surface area contributed by atoms with Gasteiger partial charge in [-0.05, 0) is 47.9 Å². The molecule has 1 saturated carbocycles. The molecule has 2 unspecified atom stereocenters. The molecule has 1 N–H and O–H groups in total. The highest BCUT2D eigenvalue weighted by atomic mass is 14.9. The molecular formula is C21H23N2+. The highest BCUT2D eigenvalue weighted by molar-refractivity contribution is 5.70. The van der Waals surface area contributed by atoms with Gasteiger partial charge in [0.2, 0.25) is 0 Å². The van der Waals surface area contributed by atoms with Crippen LogP contribution in [0.5, 0.6) is 0 Å². The van der Waals surface area contributed by atoms with Crippen molar-refractivity contribution in [1.82, 2.24) is 0 Å². The van der Waals surface area contributed by atoms with E-state index in [2.05, 4.69) is 78.4 Å². The second-order valence-electron chi connectivity index (χ2n) is 6.71. The number of anilines is 1. The molecule has 1 aromatic carbocycles. The number of fused-ring (bicyclic) bond motifs is 2. The number of aromatic nitrogens is 1. The topological polar surface area (TPSA) is 15.9 Å². The van der Waals surface area contributed by atoms with Gasteiger partial charge in [0, 0.05) is 23.9 Å². The van der Waals surface area contributed by atoms with Gasteiger partial charge in [-0.2, -0.15) is 0 Å². The van der Waals surface area contributed by atoms with Crippen LogP contribution in [0, 0.1) is 11.8 Å². The maximum absolute atomic E-state index is 3.72. The fraction of sp³-hybridized carbons (Fsp3) is 0.286. The van der Waals surface area contributed by atoms with Crippen molar-refractivity contribution >= 4 is 17.8 Å². The Bertz CT molecular complexity index is 711. The van der Waals surface area contributed by atoms with Gasteiger partial charge in [-0.25, -0.2) is 4.57 Å². The first-order chi connectivity index (χ1) is 11.3. The zero-order chi connectivity index (χ0) is 15.6. The van der Waals surface area contributed by atoms with Crippen molar-refractivity contribution in [2.24, 2.45) is 18.9 Å². The summed E-state index contributed by atoms with van der Waals surface area (Å²) in [5.74, 6) is 1.47. The van der Waals surface area contributed by atoms with Crippen LogP contribution in [0.4, 0.5) is 5.69 Å². The molecular weight excluding hydrogens is 280 g/mol. The molecule has 2 bridgehead atoms. The predicted molar refractivity (Wildman–Crippen MR) is 95.8 cm³/mol. The highest BCUT2D eigenvalue weighted by Crippen LogP contribution is 2.40. The van der Waals surface area contributed by atoms with Gasteiger partial charge in [-0.15, -0.1) is 0 Å². The Morgan fingerprint density at radius 2 is 1.43 bits per heavy atom. The lowest BCUT2D eigenvalue weighted by molar-refractivity contribution is -0.671. The molecule has 2 aliphatic rings. The number of pyridine rings is 1. The Morgan fingerprint density at radius 1 is 0.870 bits per heavy atom. The molecule has 1 aromatic heterocycles. The summed E-state index contributed by atoms with van der Waals surface area (Å²) in [5, 5.41) is 3.72. The summed E-state index contributed by atoms with van der Waals surface area (Å²) < 4.78 is 2.04. The third-order valence-electron chi connectivity index (χ3n) is 5.08. The van der Waals surface area contributed by atoms with Crippen molar-refractivity contribution < 1.29 is 4.57 Å². The molecule has 1 heterocycles. The maximum Gasteiger partial charge on any atom is 0.169 e. The molecule has 0 amide bonds. The van der Waals surface area contributed by atoms with Crippen molar-refractivity contribution in [3.05, 3.63) is 72.1 Å². The average Bonchev–Trinajstić information content (AvgIpc) is 3.15. The van der Waals surface area contributed by atoms with Crippen molar-refractivity contribution in [2.75, 3.05) is 5.32 Å². The number of hydrogen-bond acceptors (Lipinski definition) is 1. The Labute approximate surface area is 138 Å². The van der Waals surface area contributed by atoms with E-state index in [0.29, 0.717) is 6.04 Å². The van der Waals surface area contributed by atoms with Crippen molar-refractivity contribution in [3.8, 4) is 0 Å². The van der Waals surface area contributed by atoms with E-state index in [-0.39, 0.29) is 0 Å². The van der Waals surface area contributed by atoms with Gasteiger partial charge in [-0.1, -0.05) is 36.4 Å². The summed E-state index contributed by atoms with van der Waals surface area (Å²) in [6, 6.07) is 13.6. The molecule has 0 radical (unpaired) electrons. The SMILES string of the molecule is C[n+]1ccc(/C=C/c2ccc(NC3C4C=CC3CC4)cc2)cc1. The Hall–Kier alpha value is -2.35. The van der Waals surface area contributed by atoms with Gasteiger partial charge in [0.25, 0.3) is 0 Å². The molecule has 2 nitrogen and oxygen atoms in total. The van der Waals surface area contributed by atoms with Gasteiger partial charge < -0.3 is 5.32 Å². The zero-order valence-corrected chi connectivity index (χ0v) is 13.5. The first-order valence-electron chi connectivity index (χ1n) is 8.46. The largest absolute Gasteiger partial charge is 0.381 e. The smallest absolute Gasteiger partial charge is 0.169 e. The molecule has 2 atom stereocenters. The standard InChI is InChI=1S/C21H22N2/c1-23-14-12-17(13-15-23)3-2-16-4-10-20(11-5-16)22-21-18-6-7-19(21)9-8-18/h2-7,10-15,18-19,21H,8-9H2,1H3/p+1. The van der Waals surface area contributed by atoms with Crippen LogP contribution >= 0.6 is 0 Å². The summed E-state index contributed by atoms with van der Waals surface area (Å²) in [5.41, 5.74) is 3.69. The fourth-order valence-corrected chi connectivity index (χ4v) is 3.69. The van der Waals surface area contributed by atoms with Crippen molar-refractivity contribution in [1.29, 1.82) is 0 Å². The number of nitrogens with one attached hydrogen (secondary N) is 1. The molecule has 2 aliphatic carbocycles. The molecule has 1 fully saturated rings. The van der Waals surface area contributed by atoms with Crippen LogP contribution in [-0.2, 0) is 7.05 Å². The Morgan fingerprint density at radius 3 is 2.00 bits per heavy atom. The third kappa shape index (κ3) is 3.07. The van der Waals surface area contributed by atoms with Crippen LogP contribution < -0.4 is 9.88 Å². The lowest BCUT2D eigenvalue weighted by atomic mass is 10.1. The first-order valence-corrected chi connectivity index (χ1v) is 8.46. The molecule has 4 rings (SSSR count). The Balaban J connectivity index is 1.41. The number of aryl methyl sites for hydroxylation is 1. The van der Waals surface area contributed by atoms with E-state index in [1.165, 1.54) is 29.7 Å². The van der Waals surface area contributed by atoms with E-state index in [0.717, 1.165) is 11.8 Å². The normalized spacial score (nSPS) is 25.3. The molecule has 2 heteroatoms. The summed E-state index contributed by atoms with van der Waals surface area (Å²) >= 11 is 0. The van der Waals surface area contributed by atoms with Crippen LogP contribution in [0.25, 0.3) is 12.2 Å². The maximum atomic E-state index is 3.72. The summed E-state index contributed by atoms with van der Waals surface area (Å²) in [7, 11) is 2.03. The van der Waals surface area contributed by atoms with E-state index in [1.807, 2.05) is 11.6 Å². The number of hydrogen-bond donors (Lipinski definition) is 1. The minimum absolute atomic E-state index is 0.612. The molecule has 0 saturated heterocycles. The molecule has 0 spiro atoms. The van der Waals surface area contributed by atoms with Crippen molar-refractivity contribution in [3.63, 3.8) is 0 Å². The van der Waals surface area contributed by atoms with Crippen LogP contribution in [0.3, 0.4) is 0 Å². The summed E-state index contributed by atoms with van der Waals surface area (Å²) in [4.78, 5) is 0. The van der Waals surface area contributed by atoms with E-state index in [4.69, 9.17) is 0 Å². The highest BCUT2D eigenvalue weighted by Gasteiger charge is 2.37. The van der Waals surface area contributed by atoms with E-state index >= 15 is 0 Å². The average molecular weight is 303 g/mol. The number of rotatable bonds is 4. The summed E-state index contributed by atoms with van der Waals surface area (Å²) in [6.45, 7) is 0. The predicted octanol–water partition coefficient (Wildman–Crippen LogP) is 4.06. The van der Waals surface area contributed by atoms with E-state index < -0.39 is 0 Å². The fourth-order valence-electron chi connectivity index (χ4n) is 3.69. The third-order valence-corrected chi connectivity index (χ3v) is 5.08. The van der Waals surface area contributed by atoms with Gasteiger partial charge in [-0.3, -0.25) is 0 Å². The quantitative estimate of drug-likeness (QED) is 0.665. The Kier molecular flexibility index (Phi) is 3.74.